The first-order valence-corrected chi connectivity index (χ1v) is 9.42. The lowest BCUT2D eigenvalue weighted by atomic mass is 10.1. The van der Waals surface area contributed by atoms with Crippen LogP contribution in [0.2, 0.25) is 0 Å². The van der Waals surface area contributed by atoms with E-state index >= 15 is 0 Å². The second kappa shape index (κ2) is 8.09. The number of benzene rings is 3. The number of para-hydroxylation sites is 1. The monoisotopic (exact) mass is 357 g/mol. The predicted molar refractivity (Wildman–Crippen MR) is 107 cm³/mol. The first kappa shape index (κ1) is 17.3. The zero-order chi connectivity index (χ0) is 18.5. The number of nitrogens with zero attached hydrogens (tertiary/aromatic N) is 1. The highest BCUT2D eigenvalue weighted by atomic mass is 16.5. The van der Waals surface area contributed by atoms with E-state index < -0.39 is 0 Å². The molecule has 0 saturated heterocycles. The Bertz CT molecular complexity index is 889. The molecule has 1 amide bonds. The molecule has 1 saturated carbocycles. The third kappa shape index (κ3) is 4.37. The van der Waals surface area contributed by atoms with Gasteiger partial charge in [0.1, 0.15) is 5.75 Å². The van der Waals surface area contributed by atoms with Crippen molar-refractivity contribution in [2.24, 2.45) is 0 Å². The molecule has 0 unspecified atom stereocenters. The van der Waals surface area contributed by atoms with Crippen molar-refractivity contribution in [3.05, 3.63) is 90.5 Å². The number of hydrogen-bond acceptors (Lipinski definition) is 2. The average molecular weight is 357 g/mol. The molecule has 0 bridgehead atoms. The summed E-state index contributed by atoms with van der Waals surface area (Å²) in [6.45, 7) is 0.710. The van der Waals surface area contributed by atoms with E-state index in [1.165, 1.54) is 0 Å². The first-order valence-electron chi connectivity index (χ1n) is 9.42. The molecule has 0 heterocycles. The minimum Gasteiger partial charge on any atom is -0.483 e. The summed E-state index contributed by atoms with van der Waals surface area (Å²) in [6.07, 6.45) is 2.17. The summed E-state index contributed by atoms with van der Waals surface area (Å²) in [6, 6.07) is 28.5. The number of ether oxygens (including phenoxy) is 1. The number of amides is 1. The molecule has 0 N–H and O–H groups in total. The van der Waals surface area contributed by atoms with Crippen LogP contribution in [-0.4, -0.2) is 23.5 Å². The van der Waals surface area contributed by atoms with Crippen molar-refractivity contribution in [2.45, 2.75) is 25.4 Å². The topological polar surface area (TPSA) is 29.5 Å². The minimum absolute atomic E-state index is 0.0456. The van der Waals surface area contributed by atoms with Gasteiger partial charge in [-0.1, -0.05) is 78.9 Å². The van der Waals surface area contributed by atoms with Gasteiger partial charge in [0.25, 0.3) is 5.91 Å². The standard InChI is InChI=1S/C24H23NO2/c26-24(25(21-15-16-21)17-19-9-3-1-4-10-19)18-27-23-14-8-7-13-22(23)20-11-5-2-6-12-20/h1-14,21H,15-18H2. The van der Waals surface area contributed by atoms with E-state index in [0.717, 1.165) is 35.3 Å². The number of carbonyl (C=O) groups excluding carboxylic acids is 1. The van der Waals surface area contributed by atoms with Gasteiger partial charge in [-0.15, -0.1) is 0 Å². The quantitative estimate of drug-likeness (QED) is 0.600. The van der Waals surface area contributed by atoms with E-state index in [9.17, 15) is 4.79 Å². The van der Waals surface area contributed by atoms with Crippen molar-refractivity contribution in [3.8, 4) is 16.9 Å². The molecule has 0 aromatic heterocycles. The van der Waals surface area contributed by atoms with Gasteiger partial charge in [0.15, 0.2) is 6.61 Å². The molecule has 1 fully saturated rings. The zero-order valence-electron chi connectivity index (χ0n) is 15.3. The molecule has 3 aromatic rings. The second-order valence-corrected chi connectivity index (χ2v) is 6.89. The molecule has 1 aliphatic carbocycles. The van der Waals surface area contributed by atoms with Gasteiger partial charge in [0.05, 0.1) is 0 Å². The van der Waals surface area contributed by atoms with E-state index in [1.807, 2.05) is 65.6 Å². The van der Waals surface area contributed by atoms with E-state index in [2.05, 4.69) is 24.3 Å². The Morgan fingerprint density at radius 3 is 2.19 bits per heavy atom. The Morgan fingerprint density at radius 2 is 1.48 bits per heavy atom. The summed E-state index contributed by atoms with van der Waals surface area (Å²) in [5.41, 5.74) is 3.25. The Morgan fingerprint density at radius 1 is 0.852 bits per heavy atom. The molecule has 136 valence electrons. The van der Waals surface area contributed by atoms with Crippen molar-refractivity contribution < 1.29 is 9.53 Å². The van der Waals surface area contributed by atoms with E-state index in [1.54, 1.807) is 0 Å². The van der Waals surface area contributed by atoms with E-state index in [0.29, 0.717) is 12.6 Å². The zero-order valence-corrected chi connectivity index (χ0v) is 15.3. The van der Waals surface area contributed by atoms with Crippen LogP contribution in [0.15, 0.2) is 84.9 Å². The summed E-state index contributed by atoms with van der Waals surface area (Å²) < 4.78 is 5.96. The van der Waals surface area contributed by atoms with Crippen molar-refractivity contribution in [3.63, 3.8) is 0 Å². The van der Waals surface area contributed by atoms with Crippen LogP contribution in [0, 0.1) is 0 Å². The van der Waals surface area contributed by atoms with Crippen molar-refractivity contribution in [1.29, 1.82) is 0 Å². The Hall–Kier alpha value is -3.07. The molecule has 0 spiro atoms. The SMILES string of the molecule is O=C(COc1ccccc1-c1ccccc1)N(Cc1ccccc1)C1CC1. The molecule has 3 heteroatoms. The van der Waals surface area contributed by atoms with Gasteiger partial charge in [0, 0.05) is 18.2 Å². The van der Waals surface area contributed by atoms with Crippen molar-refractivity contribution >= 4 is 5.91 Å². The second-order valence-electron chi connectivity index (χ2n) is 6.89. The molecular weight excluding hydrogens is 334 g/mol. The predicted octanol–water partition coefficient (Wildman–Crippen LogP) is 4.92. The van der Waals surface area contributed by atoms with Gasteiger partial charge in [0.2, 0.25) is 0 Å². The van der Waals surface area contributed by atoms with Crippen molar-refractivity contribution in [1.82, 2.24) is 4.90 Å². The largest absolute Gasteiger partial charge is 0.483 e. The minimum atomic E-state index is 0.0456. The van der Waals surface area contributed by atoms with Crippen molar-refractivity contribution in [2.75, 3.05) is 6.61 Å². The lowest BCUT2D eigenvalue weighted by molar-refractivity contribution is -0.134. The third-order valence-electron chi connectivity index (χ3n) is 4.83. The van der Waals surface area contributed by atoms with Gasteiger partial charge in [-0.3, -0.25) is 4.79 Å². The Labute approximate surface area is 160 Å². The molecule has 3 nitrogen and oxygen atoms in total. The van der Waals surface area contributed by atoms with E-state index in [4.69, 9.17) is 4.74 Å². The maximum absolute atomic E-state index is 12.9. The van der Waals surface area contributed by atoms with Gasteiger partial charge >= 0.3 is 0 Å². The highest BCUT2D eigenvalue weighted by molar-refractivity contribution is 5.79. The van der Waals surface area contributed by atoms with E-state index in [-0.39, 0.29) is 12.5 Å². The van der Waals surface area contributed by atoms with Gasteiger partial charge < -0.3 is 9.64 Å². The summed E-state index contributed by atoms with van der Waals surface area (Å²) in [5, 5.41) is 0. The van der Waals surface area contributed by atoms with Gasteiger partial charge in [-0.25, -0.2) is 0 Å². The molecule has 0 atom stereocenters. The Balaban J connectivity index is 1.46. The van der Waals surface area contributed by atoms with Crippen LogP contribution in [0.1, 0.15) is 18.4 Å². The maximum atomic E-state index is 12.9. The molecular formula is C24H23NO2. The van der Waals surface area contributed by atoms with Crippen LogP contribution in [0.4, 0.5) is 0 Å². The number of carbonyl (C=O) groups is 1. The molecule has 4 rings (SSSR count). The van der Waals surface area contributed by atoms with Crippen LogP contribution < -0.4 is 4.74 Å². The Kier molecular flexibility index (Phi) is 5.20. The summed E-state index contributed by atoms with van der Waals surface area (Å²) in [5.74, 6) is 0.789. The third-order valence-corrected chi connectivity index (χ3v) is 4.83. The van der Waals surface area contributed by atoms with Gasteiger partial charge in [-0.05, 0) is 30.0 Å². The highest BCUT2D eigenvalue weighted by Gasteiger charge is 2.32. The van der Waals surface area contributed by atoms with Crippen LogP contribution in [0.25, 0.3) is 11.1 Å². The summed E-state index contributed by atoms with van der Waals surface area (Å²) >= 11 is 0. The normalized spacial score (nSPS) is 13.2. The maximum Gasteiger partial charge on any atom is 0.261 e. The fourth-order valence-corrected chi connectivity index (χ4v) is 3.26. The van der Waals surface area contributed by atoms with Gasteiger partial charge in [-0.2, -0.15) is 0 Å². The van der Waals surface area contributed by atoms with Crippen LogP contribution in [0.5, 0.6) is 5.75 Å². The lowest BCUT2D eigenvalue weighted by Gasteiger charge is -2.23. The summed E-state index contributed by atoms with van der Waals surface area (Å²) in [4.78, 5) is 14.8. The van der Waals surface area contributed by atoms with Crippen LogP contribution in [0.3, 0.4) is 0 Å². The fourth-order valence-electron chi connectivity index (χ4n) is 3.26. The molecule has 3 aromatic carbocycles. The molecule has 27 heavy (non-hydrogen) atoms. The number of rotatable bonds is 7. The smallest absolute Gasteiger partial charge is 0.261 e. The average Bonchev–Trinajstić information content (AvgIpc) is 3.57. The number of hydrogen-bond donors (Lipinski definition) is 0. The summed E-state index contributed by atoms with van der Waals surface area (Å²) in [7, 11) is 0. The lowest BCUT2D eigenvalue weighted by Crippen LogP contribution is -2.36. The molecule has 0 aliphatic heterocycles. The van der Waals surface area contributed by atoms with Crippen LogP contribution in [-0.2, 0) is 11.3 Å². The first-order chi connectivity index (χ1) is 13.3. The molecule has 0 radical (unpaired) electrons. The highest BCUT2D eigenvalue weighted by Crippen LogP contribution is 2.31. The van der Waals surface area contributed by atoms with Crippen LogP contribution >= 0.6 is 0 Å². The molecule has 1 aliphatic rings. The fraction of sp³-hybridized carbons (Fsp3) is 0.208.